The molecule has 0 saturated heterocycles. The zero-order valence-electron chi connectivity index (χ0n) is 26.3. The van der Waals surface area contributed by atoms with E-state index in [0.29, 0.717) is 5.92 Å². The second kappa shape index (κ2) is 13.9. The average molecular weight is 781 g/mol. The van der Waals surface area contributed by atoms with Gasteiger partial charge in [-0.25, -0.2) is 0 Å². The van der Waals surface area contributed by atoms with Gasteiger partial charge in [0, 0.05) is 32.5 Å². The van der Waals surface area contributed by atoms with Crippen molar-refractivity contribution in [2.24, 2.45) is 0 Å². The van der Waals surface area contributed by atoms with Crippen molar-refractivity contribution in [3.8, 4) is 33.6 Å². The molecule has 3 nitrogen and oxygen atoms in total. The van der Waals surface area contributed by atoms with Crippen molar-refractivity contribution < 1.29 is 24.5 Å². The predicted octanol–water partition coefficient (Wildman–Crippen LogP) is 10.3. The van der Waals surface area contributed by atoms with Crippen molar-refractivity contribution in [2.75, 3.05) is 0 Å². The van der Waals surface area contributed by atoms with Crippen molar-refractivity contribution in [2.45, 2.75) is 39.4 Å². The molecule has 3 heterocycles. The molecule has 1 radical (unpaired) electrons. The number of benzene rings is 4. The van der Waals surface area contributed by atoms with Gasteiger partial charge in [0.15, 0.2) is 0 Å². The normalized spacial score (nSPS) is 11.2. The third-order valence-electron chi connectivity index (χ3n) is 7.84. The fourth-order valence-electron chi connectivity index (χ4n) is 5.17. The van der Waals surface area contributed by atoms with Crippen LogP contribution in [0.1, 0.15) is 25.3 Å². The molecule has 7 aromatic rings. The largest absolute Gasteiger partial charge is 0.477 e. The van der Waals surface area contributed by atoms with E-state index in [4.69, 9.17) is 4.42 Å². The molecule has 0 bridgehead atoms. The van der Waals surface area contributed by atoms with Crippen LogP contribution in [-0.2, 0) is 20.1 Å². The number of pyridine rings is 2. The average Bonchev–Trinajstić information content (AvgIpc) is 3.43. The summed E-state index contributed by atoms with van der Waals surface area (Å²) in [6.07, 6.45) is 3.88. The molecule has 5 heteroatoms. The topological polar surface area (TPSA) is 38.9 Å². The Morgan fingerprint density at radius 3 is 2.16 bits per heavy atom. The molecule has 4 aromatic carbocycles. The maximum Gasteiger partial charge on any atom is 0.124 e. The van der Waals surface area contributed by atoms with E-state index in [9.17, 15) is 0 Å². The maximum atomic E-state index is 6.17. The summed E-state index contributed by atoms with van der Waals surface area (Å²) in [7, 11) is -1.23. The van der Waals surface area contributed by atoms with Crippen molar-refractivity contribution in [3.63, 3.8) is 0 Å². The minimum absolute atomic E-state index is 0. The maximum absolute atomic E-state index is 6.17. The quantitative estimate of drug-likeness (QED) is 0.129. The molecule has 0 aliphatic rings. The second-order valence-corrected chi connectivity index (χ2v) is 17.5. The number of furan rings is 1. The number of hydrogen-bond donors (Lipinski definition) is 0. The summed E-state index contributed by atoms with van der Waals surface area (Å²) in [4.78, 5) is 9.05. The minimum atomic E-state index is -1.23. The van der Waals surface area contributed by atoms with Crippen LogP contribution in [0.25, 0.3) is 55.6 Å². The minimum Gasteiger partial charge on any atom is -0.477 e. The molecule has 0 amide bonds. The standard InChI is InChI=1S/C26H20NO.C14H16NSi.Ir/c1-17(2)19-12-13-27-24(14-19)21-9-11-23-22-10-8-20(18-6-4-3-5-7-18)15-25(22)28-26(23)16-21;1-16(2,3)13-9-10-14(15-11-13)12-7-5-4-6-8-12;/h3-15,17H,1-2H3;4-7,9-11H,1-3H3;/q2*-1;. The first-order chi connectivity index (χ1) is 21.3. The van der Waals surface area contributed by atoms with Crippen LogP contribution in [0.2, 0.25) is 19.6 Å². The zero-order chi connectivity index (χ0) is 30.7. The van der Waals surface area contributed by atoms with Crippen molar-refractivity contribution >= 4 is 35.2 Å². The molecule has 0 aliphatic carbocycles. The summed E-state index contributed by atoms with van der Waals surface area (Å²) in [5, 5.41) is 3.59. The van der Waals surface area contributed by atoms with E-state index in [1.807, 2.05) is 42.7 Å². The summed E-state index contributed by atoms with van der Waals surface area (Å²) in [6.45, 7) is 11.4. The van der Waals surface area contributed by atoms with Crippen LogP contribution in [0.15, 0.2) is 126 Å². The third-order valence-corrected chi connectivity index (χ3v) is 9.87. The first-order valence-electron chi connectivity index (χ1n) is 15.1. The van der Waals surface area contributed by atoms with Crippen LogP contribution in [0, 0.1) is 12.1 Å². The SMILES string of the molecule is CC(C)c1ccnc(-c2[c-]c3oc4cc(-c5ccccc5)ccc4c3cc2)c1.C[Si](C)(C)c1ccc(-c2[c-]cccc2)nc1.[Ir]. The number of nitrogens with zero attached hydrogens (tertiary/aromatic N) is 2. The van der Waals surface area contributed by atoms with E-state index in [-0.39, 0.29) is 20.1 Å². The molecule has 0 aliphatic heterocycles. The molecule has 0 unspecified atom stereocenters. The molecule has 45 heavy (non-hydrogen) atoms. The third kappa shape index (κ3) is 7.40. The first-order valence-corrected chi connectivity index (χ1v) is 18.6. The first kappa shape index (κ1) is 32.2. The van der Waals surface area contributed by atoms with Gasteiger partial charge in [-0.05, 0) is 51.1 Å². The molecule has 0 saturated carbocycles. The Morgan fingerprint density at radius 2 is 1.47 bits per heavy atom. The molecule has 3 aromatic heterocycles. The Labute approximate surface area is 280 Å². The van der Waals surface area contributed by atoms with Crippen LogP contribution < -0.4 is 5.19 Å². The molecular formula is C40H36IrN2OSi-2. The summed E-state index contributed by atoms with van der Waals surface area (Å²) in [5.41, 5.74) is 9.21. The Bertz CT molecular complexity index is 2010. The summed E-state index contributed by atoms with van der Waals surface area (Å²) >= 11 is 0. The van der Waals surface area contributed by atoms with E-state index in [1.54, 1.807) is 0 Å². The van der Waals surface area contributed by atoms with Gasteiger partial charge in [-0.15, -0.1) is 53.6 Å². The van der Waals surface area contributed by atoms with Gasteiger partial charge in [-0.3, -0.25) is 0 Å². The number of fused-ring (bicyclic) bond motifs is 3. The molecule has 0 fully saturated rings. The number of aromatic nitrogens is 2. The predicted molar refractivity (Wildman–Crippen MR) is 187 cm³/mol. The van der Waals surface area contributed by atoms with Gasteiger partial charge in [0.05, 0.1) is 13.7 Å². The van der Waals surface area contributed by atoms with Crippen molar-refractivity contribution in [3.05, 3.63) is 139 Å². The number of hydrogen-bond acceptors (Lipinski definition) is 3. The van der Waals surface area contributed by atoms with Crippen LogP contribution >= 0.6 is 0 Å². The van der Waals surface area contributed by atoms with Gasteiger partial charge in [-0.1, -0.05) is 111 Å². The Kier molecular flexibility index (Phi) is 9.94. The monoisotopic (exact) mass is 781 g/mol. The van der Waals surface area contributed by atoms with Crippen LogP contribution in [-0.4, -0.2) is 18.0 Å². The Hall–Kier alpha value is -4.15. The fraction of sp³-hybridized carbons (Fsp3) is 0.150. The van der Waals surface area contributed by atoms with E-state index in [0.717, 1.165) is 50.0 Å². The van der Waals surface area contributed by atoms with Gasteiger partial charge in [-0.2, -0.15) is 0 Å². The molecule has 0 N–H and O–H groups in total. The van der Waals surface area contributed by atoms with E-state index in [1.165, 1.54) is 16.3 Å². The van der Waals surface area contributed by atoms with E-state index < -0.39 is 8.07 Å². The van der Waals surface area contributed by atoms with E-state index in [2.05, 4.69) is 134 Å². The van der Waals surface area contributed by atoms with Crippen LogP contribution in [0.5, 0.6) is 0 Å². The van der Waals surface area contributed by atoms with Crippen LogP contribution in [0.4, 0.5) is 0 Å². The molecule has 0 spiro atoms. The van der Waals surface area contributed by atoms with Gasteiger partial charge < -0.3 is 14.4 Å². The molecular weight excluding hydrogens is 745 g/mol. The smallest absolute Gasteiger partial charge is 0.124 e. The Morgan fingerprint density at radius 1 is 0.689 bits per heavy atom. The van der Waals surface area contributed by atoms with Gasteiger partial charge in [0.25, 0.3) is 0 Å². The zero-order valence-corrected chi connectivity index (χ0v) is 29.7. The summed E-state index contributed by atoms with van der Waals surface area (Å²) in [5.74, 6) is 0.466. The van der Waals surface area contributed by atoms with E-state index >= 15 is 0 Å². The molecule has 0 atom stereocenters. The number of rotatable bonds is 5. The molecule has 227 valence electrons. The van der Waals surface area contributed by atoms with Gasteiger partial charge in [0.1, 0.15) is 5.58 Å². The summed E-state index contributed by atoms with van der Waals surface area (Å²) in [6, 6.07) is 44.0. The second-order valence-electron chi connectivity index (χ2n) is 12.4. The summed E-state index contributed by atoms with van der Waals surface area (Å²) < 4.78 is 6.17. The van der Waals surface area contributed by atoms with Gasteiger partial charge in [0.2, 0.25) is 0 Å². The van der Waals surface area contributed by atoms with Crippen molar-refractivity contribution in [1.82, 2.24) is 9.97 Å². The molecule has 7 rings (SSSR count). The van der Waals surface area contributed by atoms with Crippen molar-refractivity contribution in [1.29, 1.82) is 0 Å². The van der Waals surface area contributed by atoms with Gasteiger partial charge >= 0.3 is 0 Å². The fourth-order valence-corrected chi connectivity index (χ4v) is 6.20. The van der Waals surface area contributed by atoms with Crippen LogP contribution in [0.3, 0.4) is 0 Å². The Balaban J connectivity index is 0.000000202.